The number of nitro benzene ring substituents is 1. The SMILES string of the molecule is O=C(CCOc1ccc([N+](=O)[O-])cc1)NCC1(c2ccc(Cl)cc2)CC1. The lowest BCUT2D eigenvalue weighted by Crippen LogP contribution is -2.33. The highest BCUT2D eigenvalue weighted by Crippen LogP contribution is 2.47. The molecule has 1 saturated carbocycles. The Morgan fingerprint density at radius 3 is 2.38 bits per heavy atom. The zero-order chi connectivity index (χ0) is 18.6. The number of rotatable bonds is 8. The molecule has 0 spiro atoms. The topological polar surface area (TPSA) is 81.5 Å². The van der Waals surface area contributed by atoms with Crippen LogP contribution in [0.2, 0.25) is 5.02 Å². The second kappa shape index (κ2) is 7.74. The largest absolute Gasteiger partial charge is 0.493 e. The number of halogens is 1. The first-order chi connectivity index (χ1) is 12.5. The highest BCUT2D eigenvalue weighted by molar-refractivity contribution is 6.30. The first-order valence-electron chi connectivity index (χ1n) is 8.39. The van der Waals surface area contributed by atoms with Gasteiger partial charge in [0, 0.05) is 29.1 Å². The van der Waals surface area contributed by atoms with Gasteiger partial charge < -0.3 is 10.1 Å². The Morgan fingerprint density at radius 1 is 1.15 bits per heavy atom. The fraction of sp³-hybridized carbons (Fsp3) is 0.316. The van der Waals surface area contributed by atoms with Crippen LogP contribution in [0.5, 0.6) is 5.75 Å². The van der Waals surface area contributed by atoms with Gasteiger partial charge >= 0.3 is 0 Å². The normalized spacial score (nSPS) is 14.5. The molecular weight excluding hydrogens is 356 g/mol. The number of hydrogen-bond acceptors (Lipinski definition) is 4. The third kappa shape index (κ3) is 4.52. The number of nitrogens with one attached hydrogen (secondary N) is 1. The van der Waals surface area contributed by atoms with Gasteiger partial charge in [0.05, 0.1) is 18.0 Å². The van der Waals surface area contributed by atoms with Crippen molar-refractivity contribution < 1.29 is 14.5 Å². The lowest BCUT2D eigenvalue weighted by Gasteiger charge is -2.17. The van der Waals surface area contributed by atoms with Crippen LogP contribution in [0, 0.1) is 10.1 Å². The van der Waals surface area contributed by atoms with Crippen molar-refractivity contribution in [3.63, 3.8) is 0 Å². The van der Waals surface area contributed by atoms with Crippen LogP contribution in [-0.2, 0) is 10.2 Å². The predicted molar refractivity (Wildman–Crippen MR) is 98.6 cm³/mol. The first kappa shape index (κ1) is 18.2. The van der Waals surface area contributed by atoms with E-state index in [2.05, 4.69) is 5.32 Å². The summed E-state index contributed by atoms with van der Waals surface area (Å²) in [6.07, 6.45) is 2.33. The van der Waals surface area contributed by atoms with Crippen LogP contribution in [0.1, 0.15) is 24.8 Å². The highest BCUT2D eigenvalue weighted by atomic mass is 35.5. The minimum atomic E-state index is -0.467. The molecule has 26 heavy (non-hydrogen) atoms. The van der Waals surface area contributed by atoms with E-state index in [-0.39, 0.29) is 30.0 Å². The van der Waals surface area contributed by atoms with E-state index in [4.69, 9.17) is 16.3 Å². The molecule has 1 fully saturated rings. The van der Waals surface area contributed by atoms with Crippen molar-refractivity contribution in [1.29, 1.82) is 0 Å². The molecule has 136 valence electrons. The van der Waals surface area contributed by atoms with E-state index < -0.39 is 4.92 Å². The maximum atomic E-state index is 12.0. The molecule has 0 unspecified atom stereocenters. The molecular formula is C19H19ClN2O4. The minimum absolute atomic E-state index is 0.00650. The molecule has 1 aliphatic rings. The Labute approximate surface area is 156 Å². The van der Waals surface area contributed by atoms with Gasteiger partial charge in [-0.2, -0.15) is 0 Å². The fourth-order valence-electron chi connectivity index (χ4n) is 2.80. The zero-order valence-corrected chi connectivity index (χ0v) is 14.9. The summed E-state index contributed by atoms with van der Waals surface area (Å²) in [6.45, 7) is 0.822. The number of carbonyl (C=O) groups excluding carboxylic acids is 1. The molecule has 7 heteroatoms. The minimum Gasteiger partial charge on any atom is -0.493 e. The van der Waals surface area contributed by atoms with Crippen molar-refractivity contribution in [3.05, 3.63) is 69.2 Å². The monoisotopic (exact) mass is 374 g/mol. The van der Waals surface area contributed by atoms with Gasteiger partial charge in [0.15, 0.2) is 0 Å². The smallest absolute Gasteiger partial charge is 0.269 e. The summed E-state index contributed by atoms with van der Waals surface area (Å²) in [7, 11) is 0. The molecule has 1 N–H and O–H groups in total. The van der Waals surface area contributed by atoms with Crippen molar-refractivity contribution >= 4 is 23.2 Å². The van der Waals surface area contributed by atoms with Crippen molar-refractivity contribution in [1.82, 2.24) is 5.32 Å². The van der Waals surface area contributed by atoms with E-state index >= 15 is 0 Å². The molecule has 6 nitrogen and oxygen atoms in total. The van der Waals surface area contributed by atoms with E-state index in [1.54, 1.807) is 0 Å². The van der Waals surface area contributed by atoms with E-state index in [1.165, 1.54) is 29.8 Å². The van der Waals surface area contributed by atoms with Gasteiger partial charge in [0.2, 0.25) is 5.91 Å². The molecule has 2 aromatic carbocycles. The van der Waals surface area contributed by atoms with Gasteiger partial charge in [-0.05, 0) is 42.7 Å². The number of non-ortho nitro benzene ring substituents is 1. The summed E-state index contributed by atoms with van der Waals surface area (Å²) in [6, 6.07) is 13.6. The highest BCUT2D eigenvalue weighted by Gasteiger charge is 2.44. The molecule has 1 amide bonds. The average Bonchev–Trinajstić information content (AvgIpc) is 3.42. The van der Waals surface area contributed by atoms with Crippen LogP contribution < -0.4 is 10.1 Å². The zero-order valence-electron chi connectivity index (χ0n) is 14.1. The lowest BCUT2D eigenvalue weighted by atomic mass is 9.96. The second-order valence-electron chi connectivity index (χ2n) is 6.41. The maximum absolute atomic E-state index is 12.0. The standard InChI is InChI=1S/C19H19ClN2O4/c20-15-3-1-14(2-4-15)19(10-11-19)13-21-18(23)9-12-26-17-7-5-16(6-8-17)22(24)25/h1-8H,9-13H2,(H,21,23). The second-order valence-corrected chi connectivity index (χ2v) is 6.85. The number of ether oxygens (including phenoxy) is 1. The summed E-state index contributed by atoms with van der Waals surface area (Å²) in [4.78, 5) is 22.2. The number of amides is 1. The fourth-order valence-corrected chi connectivity index (χ4v) is 2.93. The van der Waals surface area contributed by atoms with Crippen LogP contribution >= 0.6 is 11.6 Å². The molecule has 1 aliphatic carbocycles. The Balaban J connectivity index is 1.42. The van der Waals surface area contributed by atoms with Gasteiger partial charge in [-0.1, -0.05) is 23.7 Å². The van der Waals surface area contributed by atoms with Gasteiger partial charge in [-0.25, -0.2) is 0 Å². The predicted octanol–water partition coefficient (Wildman–Crippen LogP) is 3.87. The Bertz CT molecular complexity index is 786. The van der Waals surface area contributed by atoms with Crippen molar-refractivity contribution in [2.24, 2.45) is 0 Å². The molecule has 0 bridgehead atoms. The number of benzene rings is 2. The summed E-state index contributed by atoms with van der Waals surface area (Å²) < 4.78 is 5.46. The molecule has 2 aromatic rings. The quantitative estimate of drug-likeness (QED) is 0.561. The van der Waals surface area contributed by atoms with Crippen molar-refractivity contribution in [2.45, 2.75) is 24.7 Å². The van der Waals surface area contributed by atoms with E-state index in [0.29, 0.717) is 17.3 Å². The number of nitro groups is 1. The van der Waals surface area contributed by atoms with Crippen LogP contribution in [0.3, 0.4) is 0 Å². The van der Waals surface area contributed by atoms with Gasteiger partial charge in [0.25, 0.3) is 5.69 Å². The summed E-state index contributed by atoms with van der Waals surface area (Å²) in [5, 5.41) is 14.3. The molecule has 3 rings (SSSR count). The number of hydrogen-bond donors (Lipinski definition) is 1. The van der Waals surface area contributed by atoms with E-state index in [0.717, 1.165) is 12.8 Å². The Morgan fingerprint density at radius 2 is 1.81 bits per heavy atom. The molecule has 0 atom stereocenters. The van der Waals surface area contributed by atoms with Crippen LogP contribution in [0.25, 0.3) is 0 Å². The number of nitrogens with zero attached hydrogens (tertiary/aromatic N) is 1. The lowest BCUT2D eigenvalue weighted by molar-refractivity contribution is -0.384. The summed E-state index contributed by atoms with van der Waals surface area (Å²) in [5.41, 5.74) is 1.23. The van der Waals surface area contributed by atoms with Gasteiger partial charge in [-0.3, -0.25) is 14.9 Å². The summed E-state index contributed by atoms with van der Waals surface area (Å²) in [5.74, 6) is 0.426. The average molecular weight is 375 g/mol. The molecule has 0 radical (unpaired) electrons. The Kier molecular flexibility index (Phi) is 5.42. The maximum Gasteiger partial charge on any atom is 0.269 e. The van der Waals surface area contributed by atoms with Crippen LogP contribution in [-0.4, -0.2) is 24.0 Å². The van der Waals surface area contributed by atoms with Crippen molar-refractivity contribution in [3.8, 4) is 5.75 Å². The van der Waals surface area contributed by atoms with Crippen LogP contribution in [0.15, 0.2) is 48.5 Å². The number of carbonyl (C=O) groups is 1. The molecule has 0 saturated heterocycles. The molecule has 0 aliphatic heterocycles. The van der Waals surface area contributed by atoms with Crippen molar-refractivity contribution in [2.75, 3.05) is 13.2 Å². The third-order valence-corrected chi connectivity index (χ3v) is 4.83. The first-order valence-corrected chi connectivity index (χ1v) is 8.76. The van der Waals surface area contributed by atoms with E-state index in [1.807, 2.05) is 24.3 Å². The molecule has 0 heterocycles. The van der Waals surface area contributed by atoms with Gasteiger partial charge in [0.1, 0.15) is 5.75 Å². The summed E-state index contributed by atoms with van der Waals surface area (Å²) >= 11 is 5.92. The van der Waals surface area contributed by atoms with E-state index in [9.17, 15) is 14.9 Å². The van der Waals surface area contributed by atoms with Gasteiger partial charge in [-0.15, -0.1) is 0 Å². The Hall–Kier alpha value is -2.60. The molecule has 0 aromatic heterocycles. The van der Waals surface area contributed by atoms with Crippen LogP contribution in [0.4, 0.5) is 5.69 Å². The third-order valence-electron chi connectivity index (χ3n) is 4.58.